The van der Waals surface area contributed by atoms with E-state index in [1.54, 1.807) is 7.11 Å². The van der Waals surface area contributed by atoms with E-state index in [0.717, 1.165) is 37.2 Å². The number of benzene rings is 1. The predicted octanol–water partition coefficient (Wildman–Crippen LogP) is 2.18. The van der Waals surface area contributed by atoms with Gasteiger partial charge in [0.25, 0.3) is 5.56 Å². The highest BCUT2D eigenvalue weighted by Crippen LogP contribution is 2.19. The Bertz CT molecular complexity index is 790. The molecule has 1 aromatic carbocycles. The highest BCUT2D eigenvalue weighted by Gasteiger charge is 2.20. The molecular weight excluding hydrogens is 318 g/mol. The number of amides is 1. The van der Waals surface area contributed by atoms with Crippen LogP contribution in [0, 0.1) is 5.92 Å². The first-order valence-corrected chi connectivity index (χ1v) is 8.55. The number of nitrogens with zero attached hydrogens (tertiary/aromatic N) is 3. The number of ether oxygens (including phenoxy) is 1. The van der Waals surface area contributed by atoms with Crippen LogP contribution in [0.3, 0.4) is 0 Å². The van der Waals surface area contributed by atoms with Gasteiger partial charge in [-0.1, -0.05) is 6.92 Å². The average Bonchev–Trinajstić information content (AvgIpc) is 2.64. The fraction of sp³-hybridized carbons (Fsp3) is 0.421. The van der Waals surface area contributed by atoms with Crippen molar-refractivity contribution in [2.24, 2.45) is 5.92 Å². The molecule has 0 unspecified atom stereocenters. The van der Waals surface area contributed by atoms with Crippen LogP contribution in [0.25, 0.3) is 11.3 Å². The number of rotatable bonds is 4. The van der Waals surface area contributed by atoms with Crippen LogP contribution in [-0.4, -0.2) is 40.6 Å². The quantitative estimate of drug-likeness (QED) is 0.855. The Hall–Kier alpha value is -2.63. The number of hydrogen-bond acceptors (Lipinski definition) is 4. The Balaban J connectivity index is 1.71. The predicted molar refractivity (Wildman–Crippen MR) is 95.5 cm³/mol. The minimum absolute atomic E-state index is 0.0204. The summed E-state index contributed by atoms with van der Waals surface area (Å²) in [5.41, 5.74) is 1.20. The first-order chi connectivity index (χ1) is 12.1. The van der Waals surface area contributed by atoms with Crippen LogP contribution in [0.1, 0.15) is 19.8 Å². The summed E-state index contributed by atoms with van der Waals surface area (Å²) >= 11 is 0. The third kappa shape index (κ3) is 4.07. The van der Waals surface area contributed by atoms with Gasteiger partial charge >= 0.3 is 0 Å². The van der Waals surface area contributed by atoms with E-state index in [-0.39, 0.29) is 18.0 Å². The summed E-state index contributed by atoms with van der Waals surface area (Å²) in [6.45, 7) is 3.79. The lowest BCUT2D eigenvalue weighted by Gasteiger charge is -2.30. The second-order valence-electron chi connectivity index (χ2n) is 6.53. The largest absolute Gasteiger partial charge is 0.497 e. The molecule has 2 heterocycles. The second kappa shape index (κ2) is 7.51. The highest BCUT2D eigenvalue weighted by molar-refractivity contribution is 5.76. The zero-order chi connectivity index (χ0) is 17.8. The van der Waals surface area contributed by atoms with Gasteiger partial charge in [-0.25, -0.2) is 4.98 Å². The normalized spacial score (nSPS) is 15.2. The van der Waals surface area contributed by atoms with Crippen molar-refractivity contribution < 1.29 is 9.53 Å². The van der Waals surface area contributed by atoms with E-state index in [2.05, 4.69) is 11.9 Å². The van der Waals surface area contributed by atoms with E-state index in [1.807, 2.05) is 29.2 Å². The van der Waals surface area contributed by atoms with Crippen molar-refractivity contribution in [3.05, 3.63) is 47.0 Å². The molecule has 25 heavy (non-hydrogen) atoms. The summed E-state index contributed by atoms with van der Waals surface area (Å²) in [7, 11) is 1.61. The fourth-order valence-electron chi connectivity index (χ4n) is 2.97. The highest BCUT2D eigenvalue weighted by atomic mass is 16.5. The fourth-order valence-corrected chi connectivity index (χ4v) is 2.97. The van der Waals surface area contributed by atoms with Crippen LogP contribution in [0.5, 0.6) is 5.75 Å². The maximum absolute atomic E-state index is 12.4. The molecule has 6 heteroatoms. The molecule has 0 spiro atoms. The maximum atomic E-state index is 12.4. The topological polar surface area (TPSA) is 64.4 Å². The molecule has 1 aliphatic rings. The first kappa shape index (κ1) is 17.2. The monoisotopic (exact) mass is 341 g/mol. The third-order valence-electron chi connectivity index (χ3n) is 4.71. The van der Waals surface area contributed by atoms with Crippen LogP contribution in [0.15, 0.2) is 41.5 Å². The summed E-state index contributed by atoms with van der Waals surface area (Å²) in [6, 6.07) is 8.82. The minimum Gasteiger partial charge on any atom is -0.497 e. The SMILES string of the molecule is COc1ccc(-c2cc(=O)n(CC(=O)N3CCC(C)CC3)cn2)cc1. The van der Waals surface area contributed by atoms with Crippen molar-refractivity contribution in [1.82, 2.24) is 14.5 Å². The van der Waals surface area contributed by atoms with E-state index < -0.39 is 0 Å². The number of methoxy groups -OCH3 is 1. The maximum Gasteiger partial charge on any atom is 0.254 e. The number of aromatic nitrogens is 2. The van der Waals surface area contributed by atoms with Gasteiger partial charge in [-0.15, -0.1) is 0 Å². The Morgan fingerprint density at radius 2 is 1.92 bits per heavy atom. The minimum atomic E-state index is -0.223. The first-order valence-electron chi connectivity index (χ1n) is 8.55. The molecule has 0 saturated carbocycles. The molecule has 0 N–H and O–H groups in total. The standard InChI is InChI=1S/C19H23N3O3/c1-14-7-9-21(10-8-14)19(24)12-22-13-20-17(11-18(22)23)15-3-5-16(25-2)6-4-15/h3-6,11,13-14H,7-10,12H2,1-2H3. The van der Waals surface area contributed by atoms with Crippen LogP contribution < -0.4 is 10.3 Å². The van der Waals surface area contributed by atoms with Crippen LogP contribution in [0.2, 0.25) is 0 Å². The molecule has 2 aromatic rings. The van der Waals surface area contributed by atoms with Gasteiger partial charge < -0.3 is 9.64 Å². The Morgan fingerprint density at radius 3 is 2.52 bits per heavy atom. The van der Waals surface area contributed by atoms with Crippen molar-refractivity contribution in [2.75, 3.05) is 20.2 Å². The van der Waals surface area contributed by atoms with Crippen molar-refractivity contribution in [1.29, 1.82) is 0 Å². The van der Waals surface area contributed by atoms with Crippen molar-refractivity contribution >= 4 is 5.91 Å². The molecule has 1 aliphatic heterocycles. The van der Waals surface area contributed by atoms with E-state index >= 15 is 0 Å². The van der Waals surface area contributed by atoms with Gasteiger partial charge in [0.05, 0.1) is 19.1 Å². The molecule has 0 aliphatic carbocycles. The number of carbonyl (C=O) groups excluding carboxylic acids is 1. The zero-order valence-corrected chi connectivity index (χ0v) is 14.6. The molecule has 6 nitrogen and oxygen atoms in total. The Labute approximate surface area is 147 Å². The lowest BCUT2D eigenvalue weighted by atomic mass is 9.99. The second-order valence-corrected chi connectivity index (χ2v) is 6.53. The van der Waals surface area contributed by atoms with Crippen molar-refractivity contribution in [3.63, 3.8) is 0 Å². The van der Waals surface area contributed by atoms with E-state index in [9.17, 15) is 9.59 Å². The van der Waals surface area contributed by atoms with Crippen LogP contribution in [-0.2, 0) is 11.3 Å². The van der Waals surface area contributed by atoms with Gasteiger partial charge in [0.15, 0.2) is 0 Å². The summed E-state index contributed by atoms with van der Waals surface area (Å²) in [4.78, 5) is 30.9. The summed E-state index contributed by atoms with van der Waals surface area (Å²) < 4.78 is 6.50. The molecule has 0 radical (unpaired) electrons. The lowest BCUT2D eigenvalue weighted by Crippen LogP contribution is -2.41. The van der Waals surface area contributed by atoms with E-state index in [4.69, 9.17) is 4.74 Å². The molecule has 1 amide bonds. The summed E-state index contributed by atoms with van der Waals surface area (Å²) in [6.07, 6.45) is 3.50. The number of likely N-dealkylation sites (tertiary alicyclic amines) is 1. The molecule has 1 saturated heterocycles. The van der Waals surface area contributed by atoms with Crippen LogP contribution in [0.4, 0.5) is 0 Å². The zero-order valence-electron chi connectivity index (χ0n) is 14.6. The van der Waals surface area contributed by atoms with Gasteiger partial charge in [-0.3, -0.25) is 14.2 Å². The smallest absolute Gasteiger partial charge is 0.254 e. The summed E-state index contributed by atoms with van der Waals surface area (Å²) in [5, 5.41) is 0. The number of carbonyl (C=O) groups is 1. The van der Waals surface area contributed by atoms with E-state index in [1.165, 1.54) is 17.0 Å². The van der Waals surface area contributed by atoms with Gasteiger partial charge in [-0.2, -0.15) is 0 Å². The molecular formula is C19H23N3O3. The molecule has 132 valence electrons. The molecule has 0 atom stereocenters. The summed E-state index contributed by atoms with van der Waals surface area (Å²) in [5.74, 6) is 1.39. The third-order valence-corrected chi connectivity index (χ3v) is 4.71. The molecule has 1 fully saturated rings. The number of hydrogen-bond donors (Lipinski definition) is 0. The van der Waals surface area contributed by atoms with Crippen molar-refractivity contribution in [3.8, 4) is 17.0 Å². The molecule has 1 aromatic heterocycles. The van der Waals surface area contributed by atoms with E-state index in [0.29, 0.717) is 11.6 Å². The average molecular weight is 341 g/mol. The molecule has 3 rings (SSSR count). The Kier molecular flexibility index (Phi) is 5.16. The lowest BCUT2D eigenvalue weighted by molar-refractivity contribution is -0.133. The van der Waals surface area contributed by atoms with Gasteiger partial charge in [0.2, 0.25) is 5.91 Å². The Morgan fingerprint density at radius 1 is 1.24 bits per heavy atom. The van der Waals surface area contributed by atoms with Gasteiger partial charge in [0, 0.05) is 24.7 Å². The molecule has 0 bridgehead atoms. The van der Waals surface area contributed by atoms with Crippen LogP contribution >= 0.6 is 0 Å². The van der Waals surface area contributed by atoms with Gasteiger partial charge in [0.1, 0.15) is 12.3 Å². The van der Waals surface area contributed by atoms with Crippen molar-refractivity contribution in [2.45, 2.75) is 26.3 Å². The number of piperidine rings is 1. The van der Waals surface area contributed by atoms with Gasteiger partial charge in [-0.05, 0) is 43.0 Å².